The van der Waals surface area contributed by atoms with E-state index < -0.39 is 0 Å². The first kappa shape index (κ1) is 14.0. The van der Waals surface area contributed by atoms with Crippen molar-refractivity contribution in [1.82, 2.24) is 10.6 Å². The van der Waals surface area contributed by atoms with Gasteiger partial charge in [0.1, 0.15) is 5.75 Å². The molecule has 0 heterocycles. The Morgan fingerprint density at radius 1 is 1.41 bits per heavy atom. The number of rotatable bonds is 6. The van der Waals surface area contributed by atoms with Gasteiger partial charge in [0.15, 0.2) is 0 Å². The molecule has 2 N–H and O–H groups in total. The van der Waals surface area contributed by atoms with Crippen LogP contribution in [0.25, 0.3) is 0 Å². The Balaban J connectivity index is 2.62. The zero-order valence-corrected chi connectivity index (χ0v) is 11.6. The lowest BCUT2D eigenvalue weighted by atomic mass is 10.2. The van der Waals surface area contributed by atoms with Crippen LogP contribution < -0.4 is 15.4 Å². The van der Waals surface area contributed by atoms with Gasteiger partial charge in [0.25, 0.3) is 5.91 Å². The molecule has 0 saturated heterocycles. The molecule has 5 heteroatoms. The number of hydrogen-bond donors (Lipinski definition) is 2. The smallest absolute Gasteiger partial charge is 0.255 e. The van der Waals surface area contributed by atoms with Gasteiger partial charge in [-0.2, -0.15) is 0 Å². The highest BCUT2D eigenvalue weighted by Gasteiger charge is 2.11. The fourth-order valence-electron chi connectivity index (χ4n) is 1.39. The number of nitrogens with one attached hydrogen (secondary N) is 2. The molecule has 0 radical (unpaired) electrons. The van der Waals surface area contributed by atoms with E-state index in [0.717, 1.165) is 17.6 Å². The van der Waals surface area contributed by atoms with Crippen LogP contribution in [0.2, 0.25) is 0 Å². The first-order chi connectivity index (χ1) is 8.19. The molecule has 0 aliphatic rings. The Hall–Kier alpha value is -1.07. The number of carbonyl (C=O) groups is 1. The molecule has 4 nitrogen and oxygen atoms in total. The third-order valence-electron chi connectivity index (χ3n) is 2.25. The van der Waals surface area contributed by atoms with Crippen LogP contribution in [0.4, 0.5) is 0 Å². The Morgan fingerprint density at radius 3 is 2.82 bits per heavy atom. The van der Waals surface area contributed by atoms with Gasteiger partial charge in [-0.1, -0.05) is 22.9 Å². The van der Waals surface area contributed by atoms with E-state index in [1.54, 1.807) is 19.2 Å². The fraction of sp³-hybridized carbons (Fsp3) is 0.417. The highest BCUT2D eigenvalue weighted by Crippen LogP contribution is 2.23. The van der Waals surface area contributed by atoms with Gasteiger partial charge in [-0.3, -0.25) is 4.79 Å². The number of amides is 1. The van der Waals surface area contributed by atoms with E-state index in [1.165, 1.54) is 0 Å². The summed E-state index contributed by atoms with van der Waals surface area (Å²) in [5.41, 5.74) is 0.548. The van der Waals surface area contributed by atoms with Crippen LogP contribution in [0.3, 0.4) is 0 Å². The summed E-state index contributed by atoms with van der Waals surface area (Å²) in [4.78, 5) is 11.9. The minimum absolute atomic E-state index is 0.118. The number of hydrogen-bond acceptors (Lipinski definition) is 3. The van der Waals surface area contributed by atoms with Gasteiger partial charge in [0, 0.05) is 17.6 Å². The largest absolute Gasteiger partial charge is 0.496 e. The summed E-state index contributed by atoms with van der Waals surface area (Å²) < 4.78 is 6.06. The van der Waals surface area contributed by atoms with Gasteiger partial charge < -0.3 is 15.4 Å². The highest BCUT2D eigenvalue weighted by atomic mass is 79.9. The summed E-state index contributed by atoms with van der Waals surface area (Å²) >= 11 is 3.34. The van der Waals surface area contributed by atoms with E-state index >= 15 is 0 Å². The van der Waals surface area contributed by atoms with Crippen LogP contribution in [0, 0.1) is 0 Å². The second kappa shape index (κ2) is 7.29. The molecule has 0 saturated carbocycles. The molecule has 0 unspecified atom stereocenters. The van der Waals surface area contributed by atoms with Crippen molar-refractivity contribution < 1.29 is 9.53 Å². The minimum atomic E-state index is -0.118. The number of methoxy groups -OCH3 is 1. The molecule has 0 bridgehead atoms. The molecule has 1 rings (SSSR count). The molecule has 94 valence electrons. The molecule has 1 aromatic rings. The van der Waals surface area contributed by atoms with Crippen molar-refractivity contribution in [1.29, 1.82) is 0 Å². The lowest BCUT2D eigenvalue weighted by Crippen LogP contribution is -2.31. The maximum atomic E-state index is 11.9. The quantitative estimate of drug-likeness (QED) is 0.788. The lowest BCUT2D eigenvalue weighted by Gasteiger charge is -2.09. The van der Waals surface area contributed by atoms with Gasteiger partial charge in [-0.15, -0.1) is 0 Å². The van der Waals surface area contributed by atoms with Crippen LogP contribution in [0.15, 0.2) is 22.7 Å². The van der Waals surface area contributed by atoms with E-state index in [4.69, 9.17) is 4.74 Å². The zero-order chi connectivity index (χ0) is 12.7. The maximum absolute atomic E-state index is 11.9. The van der Waals surface area contributed by atoms with Gasteiger partial charge in [0.05, 0.1) is 12.7 Å². The van der Waals surface area contributed by atoms with E-state index in [-0.39, 0.29) is 5.91 Å². The summed E-state index contributed by atoms with van der Waals surface area (Å²) in [5, 5.41) is 5.97. The standard InChI is InChI=1S/C12H17BrN2O2/c1-3-14-6-7-15-12(16)10-5-4-9(13)8-11(10)17-2/h4-5,8,14H,3,6-7H2,1-2H3,(H,15,16). The molecule has 17 heavy (non-hydrogen) atoms. The lowest BCUT2D eigenvalue weighted by molar-refractivity contribution is 0.0951. The Kier molecular flexibility index (Phi) is 6.00. The minimum Gasteiger partial charge on any atom is -0.496 e. The average Bonchev–Trinajstić information content (AvgIpc) is 2.34. The second-order valence-electron chi connectivity index (χ2n) is 3.45. The van der Waals surface area contributed by atoms with Crippen molar-refractivity contribution in [2.45, 2.75) is 6.92 Å². The molecular formula is C12H17BrN2O2. The number of benzene rings is 1. The number of halogens is 1. The predicted octanol–water partition coefficient (Wildman–Crippen LogP) is 1.80. The predicted molar refractivity (Wildman–Crippen MR) is 71.6 cm³/mol. The summed E-state index contributed by atoms with van der Waals surface area (Å²) in [6.07, 6.45) is 0. The van der Waals surface area contributed by atoms with Crippen LogP contribution in [0.5, 0.6) is 5.75 Å². The van der Waals surface area contributed by atoms with Gasteiger partial charge >= 0.3 is 0 Å². The van der Waals surface area contributed by atoms with Crippen LogP contribution in [0.1, 0.15) is 17.3 Å². The zero-order valence-electron chi connectivity index (χ0n) is 10.0. The normalized spacial score (nSPS) is 10.1. The van der Waals surface area contributed by atoms with Gasteiger partial charge in [0.2, 0.25) is 0 Å². The van der Waals surface area contributed by atoms with Crippen LogP contribution >= 0.6 is 15.9 Å². The molecule has 0 spiro atoms. The molecular weight excluding hydrogens is 284 g/mol. The van der Waals surface area contributed by atoms with Gasteiger partial charge in [-0.05, 0) is 24.7 Å². The topological polar surface area (TPSA) is 50.4 Å². The highest BCUT2D eigenvalue weighted by molar-refractivity contribution is 9.10. The van der Waals surface area contributed by atoms with Crippen LogP contribution in [-0.2, 0) is 0 Å². The molecule has 0 aromatic heterocycles. The molecule has 0 fully saturated rings. The fourth-order valence-corrected chi connectivity index (χ4v) is 1.73. The van der Waals surface area contributed by atoms with Crippen molar-refractivity contribution >= 4 is 21.8 Å². The third-order valence-corrected chi connectivity index (χ3v) is 2.74. The monoisotopic (exact) mass is 300 g/mol. The SMILES string of the molecule is CCNCCNC(=O)c1ccc(Br)cc1OC. The first-order valence-electron chi connectivity index (χ1n) is 5.51. The molecule has 1 aromatic carbocycles. The number of ether oxygens (including phenoxy) is 1. The summed E-state index contributed by atoms with van der Waals surface area (Å²) in [6.45, 7) is 4.30. The number of carbonyl (C=O) groups excluding carboxylic acids is 1. The summed E-state index contributed by atoms with van der Waals surface area (Å²) in [7, 11) is 1.55. The molecule has 0 atom stereocenters. The van der Waals surface area contributed by atoms with E-state index in [1.807, 2.05) is 13.0 Å². The first-order valence-corrected chi connectivity index (χ1v) is 6.30. The van der Waals surface area contributed by atoms with E-state index in [9.17, 15) is 4.79 Å². The molecule has 0 aliphatic carbocycles. The van der Waals surface area contributed by atoms with Crippen molar-refractivity contribution in [3.05, 3.63) is 28.2 Å². The van der Waals surface area contributed by atoms with Crippen LogP contribution in [-0.4, -0.2) is 32.7 Å². The maximum Gasteiger partial charge on any atom is 0.255 e. The molecule has 0 aliphatic heterocycles. The van der Waals surface area contributed by atoms with Crippen molar-refractivity contribution in [2.75, 3.05) is 26.7 Å². The van der Waals surface area contributed by atoms with Crippen molar-refractivity contribution in [3.8, 4) is 5.75 Å². The molecule has 1 amide bonds. The summed E-state index contributed by atoms with van der Waals surface area (Å²) in [5.74, 6) is 0.451. The average molecular weight is 301 g/mol. The Morgan fingerprint density at radius 2 is 2.18 bits per heavy atom. The van der Waals surface area contributed by atoms with Gasteiger partial charge in [-0.25, -0.2) is 0 Å². The summed E-state index contributed by atoms with van der Waals surface area (Å²) in [6, 6.07) is 5.34. The third kappa shape index (κ3) is 4.36. The Labute approximate surface area is 110 Å². The van der Waals surface area contributed by atoms with E-state index in [2.05, 4.69) is 26.6 Å². The second-order valence-corrected chi connectivity index (χ2v) is 4.37. The number of likely N-dealkylation sites (N-methyl/N-ethyl adjacent to an activating group) is 1. The van der Waals surface area contributed by atoms with E-state index in [0.29, 0.717) is 17.9 Å². The van der Waals surface area contributed by atoms with Crippen molar-refractivity contribution in [2.24, 2.45) is 0 Å². The Bertz CT molecular complexity index is 383. The van der Waals surface area contributed by atoms with Crippen molar-refractivity contribution in [3.63, 3.8) is 0 Å².